The van der Waals surface area contributed by atoms with Gasteiger partial charge in [-0.1, -0.05) is 133 Å². The molecule has 11 rings (SSSR count). The molecule has 0 saturated heterocycles. The maximum absolute atomic E-state index is 6.14. The van der Waals surface area contributed by atoms with Crippen molar-refractivity contribution in [2.24, 2.45) is 0 Å². The molecule has 1 aromatic heterocycles. The molecule has 0 aliphatic rings. The monoisotopic (exact) mass is 714 g/mol. The average molecular weight is 715 g/mol. The van der Waals surface area contributed by atoms with Gasteiger partial charge in [-0.05, 0) is 133 Å². The first-order valence-corrected chi connectivity index (χ1v) is 19.0. The Morgan fingerprint density at radius 3 is 1.73 bits per heavy atom. The number of para-hydroxylation sites is 1. The molecular weight excluding hydrogens is 681 g/mol. The number of anilines is 3. The summed E-state index contributed by atoms with van der Waals surface area (Å²) in [5.41, 5.74) is 10.8. The van der Waals surface area contributed by atoms with E-state index in [9.17, 15) is 0 Å². The fourth-order valence-corrected chi connectivity index (χ4v) is 8.26. The van der Waals surface area contributed by atoms with Crippen molar-refractivity contribution in [3.63, 3.8) is 0 Å². The second kappa shape index (κ2) is 13.1. The van der Waals surface area contributed by atoms with Crippen LogP contribution in [0.4, 0.5) is 17.1 Å². The molecule has 0 spiro atoms. The van der Waals surface area contributed by atoms with Crippen LogP contribution in [0.5, 0.6) is 0 Å². The summed E-state index contributed by atoms with van der Waals surface area (Å²) in [4.78, 5) is 7.23. The van der Waals surface area contributed by atoms with Gasteiger partial charge < -0.3 is 9.32 Å². The van der Waals surface area contributed by atoms with Crippen LogP contribution in [0.2, 0.25) is 0 Å². The highest BCUT2D eigenvalue weighted by atomic mass is 16.3. The van der Waals surface area contributed by atoms with Gasteiger partial charge in [0.25, 0.3) is 0 Å². The molecule has 0 amide bonds. The fraction of sp³-hybridized carbons (Fsp3) is 0. The first-order valence-electron chi connectivity index (χ1n) is 19.0. The normalized spacial score (nSPS) is 11.6. The van der Waals surface area contributed by atoms with Crippen LogP contribution in [0.25, 0.3) is 87.9 Å². The Morgan fingerprint density at radius 1 is 0.339 bits per heavy atom. The van der Waals surface area contributed by atoms with E-state index in [1.807, 2.05) is 36.4 Å². The highest BCUT2D eigenvalue weighted by molar-refractivity contribution is 6.14. The second-order valence-corrected chi connectivity index (χ2v) is 14.4. The SMILES string of the molecule is c1ccc(-c2nc3c(ccc4cc(-c5ccc6cc(N(c7ccccc7)c7ccc(-c8cc9ccccc9c9ccccc89)cc7)ccc6c5)ccc43)o2)cc1. The summed E-state index contributed by atoms with van der Waals surface area (Å²) in [6.45, 7) is 0. The third-order valence-corrected chi connectivity index (χ3v) is 11.0. The molecule has 262 valence electrons. The molecule has 0 unspecified atom stereocenters. The number of nitrogens with zero attached hydrogens (tertiary/aromatic N) is 2. The topological polar surface area (TPSA) is 29.3 Å². The van der Waals surface area contributed by atoms with E-state index < -0.39 is 0 Å². The van der Waals surface area contributed by atoms with Crippen LogP contribution in [0.3, 0.4) is 0 Å². The first-order chi connectivity index (χ1) is 27.7. The Hall–Kier alpha value is -7.49. The third-order valence-electron chi connectivity index (χ3n) is 11.0. The van der Waals surface area contributed by atoms with Crippen molar-refractivity contribution >= 4 is 71.3 Å². The van der Waals surface area contributed by atoms with Crippen molar-refractivity contribution < 1.29 is 4.42 Å². The van der Waals surface area contributed by atoms with Gasteiger partial charge in [0.15, 0.2) is 5.58 Å². The van der Waals surface area contributed by atoms with E-state index in [0.717, 1.165) is 44.5 Å². The van der Waals surface area contributed by atoms with Gasteiger partial charge in [-0.3, -0.25) is 0 Å². The van der Waals surface area contributed by atoms with E-state index >= 15 is 0 Å². The summed E-state index contributed by atoms with van der Waals surface area (Å²) >= 11 is 0. The Kier molecular flexibility index (Phi) is 7.49. The molecule has 0 aliphatic carbocycles. The van der Waals surface area contributed by atoms with Crippen LogP contribution < -0.4 is 4.90 Å². The average Bonchev–Trinajstić information content (AvgIpc) is 3.72. The molecule has 0 saturated carbocycles. The quantitative estimate of drug-likeness (QED) is 0.161. The molecule has 10 aromatic carbocycles. The van der Waals surface area contributed by atoms with Crippen LogP contribution in [-0.2, 0) is 0 Å². The van der Waals surface area contributed by atoms with Crippen molar-refractivity contribution in [3.05, 3.63) is 206 Å². The van der Waals surface area contributed by atoms with Gasteiger partial charge in [-0.15, -0.1) is 0 Å². The third kappa shape index (κ3) is 5.49. The predicted octanol–water partition coefficient (Wildman–Crippen LogP) is 14.9. The number of aromatic nitrogens is 1. The maximum Gasteiger partial charge on any atom is 0.227 e. The zero-order valence-corrected chi connectivity index (χ0v) is 30.4. The minimum Gasteiger partial charge on any atom is -0.436 e. The summed E-state index contributed by atoms with van der Waals surface area (Å²) < 4.78 is 6.14. The zero-order chi connectivity index (χ0) is 37.0. The lowest BCUT2D eigenvalue weighted by Gasteiger charge is -2.26. The van der Waals surface area contributed by atoms with Gasteiger partial charge in [0.2, 0.25) is 5.89 Å². The van der Waals surface area contributed by atoms with Gasteiger partial charge in [-0.25, -0.2) is 4.98 Å². The van der Waals surface area contributed by atoms with Gasteiger partial charge in [0.1, 0.15) is 5.52 Å². The van der Waals surface area contributed by atoms with Crippen molar-refractivity contribution in [2.75, 3.05) is 4.90 Å². The van der Waals surface area contributed by atoms with E-state index in [4.69, 9.17) is 9.40 Å². The minimum absolute atomic E-state index is 0.642. The summed E-state index contributed by atoms with van der Waals surface area (Å²) in [5, 5.41) is 9.68. The Labute approximate surface area is 324 Å². The Bertz CT molecular complexity index is 3240. The lowest BCUT2D eigenvalue weighted by molar-refractivity contribution is 0.620. The van der Waals surface area contributed by atoms with Crippen LogP contribution >= 0.6 is 0 Å². The van der Waals surface area contributed by atoms with Crippen molar-refractivity contribution in [1.82, 2.24) is 4.98 Å². The minimum atomic E-state index is 0.642. The lowest BCUT2D eigenvalue weighted by atomic mass is 9.93. The number of oxazole rings is 1. The summed E-state index contributed by atoms with van der Waals surface area (Å²) in [5.74, 6) is 0.642. The molecule has 0 radical (unpaired) electrons. The van der Waals surface area contributed by atoms with Crippen molar-refractivity contribution in [2.45, 2.75) is 0 Å². The van der Waals surface area contributed by atoms with E-state index in [1.165, 1.54) is 54.6 Å². The van der Waals surface area contributed by atoms with E-state index in [-0.39, 0.29) is 0 Å². The number of hydrogen-bond acceptors (Lipinski definition) is 3. The Morgan fingerprint density at radius 2 is 0.911 bits per heavy atom. The van der Waals surface area contributed by atoms with Crippen LogP contribution in [0.1, 0.15) is 0 Å². The van der Waals surface area contributed by atoms with Gasteiger partial charge in [0, 0.05) is 28.0 Å². The molecule has 0 atom stereocenters. The number of fused-ring (bicyclic) bond motifs is 7. The molecule has 56 heavy (non-hydrogen) atoms. The van der Waals surface area contributed by atoms with E-state index in [0.29, 0.717) is 5.89 Å². The molecule has 3 heteroatoms. The number of benzene rings is 10. The van der Waals surface area contributed by atoms with Crippen LogP contribution in [0, 0.1) is 0 Å². The Balaban J connectivity index is 0.939. The van der Waals surface area contributed by atoms with E-state index in [2.05, 4.69) is 175 Å². The molecule has 1 heterocycles. The summed E-state index contributed by atoms with van der Waals surface area (Å²) in [6.07, 6.45) is 0. The second-order valence-electron chi connectivity index (χ2n) is 14.4. The van der Waals surface area contributed by atoms with Crippen molar-refractivity contribution in [1.29, 1.82) is 0 Å². The van der Waals surface area contributed by atoms with Crippen LogP contribution in [0.15, 0.2) is 211 Å². The molecular formula is C53H34N2O. The predicted molar refractivity (Wildman–Crippen MR) is 235 cm³/mol. The maximum atomic E-state index is 6.14. The standard InChI is InChI=1S/C53H34N2O/c1-3-11-36(12-4-1)53-54-52-47-29-24-39(32-42(47)25-30-51(52)56-53)37-19-20-40-33-45(28-23-38(40)31-37)55(43-14-5-2-6-15-43)44-26-21-35(22-27-44)50-34-41-13-7-8-16-46(41)48-17-9-10-18-49(48)50/h1-34H. The molecule has 0 aliphatic heterocycles. The molecule has 3 nitrogen and oxygen atoms in total. The summed E-state index contributed by atoms with van der Waals surface area (Å²) in [7, 11) is 0. The largest absolute Gasteiger partial charge is 0.436 e. The lowest BCUT2D eigenvalue weighted by Crippen LogP contribution is -2.09. The van der Waals surface area contributed by atoms with Gasteiger partial charge >= 0.3 is 0 Å². The highest BCUT2D eigenvalue weighted by Crippen LogP contribution is 2.40. The number of rotatable bonds is 6. The van der Waals surface area contributed by atoms with Gasteiger partial charge in [-0.2, -0.15) is 0 Å². The summed E-state index contributed by atoms with van der Waals surface area (Å²) in [6, 6.07) is 73.7. The van der Waals surface area contributed by atoms with E-state index in [1.54, 1.807) is 0 Å². The highest BCUT2D eigenvalue weighted by Gasteiger charge is 2.16. The molecule has 0 bridgehead atoms. The van der Waals surface area contributed by atoms with Crippen molar-refractivity contribution in [3.8, 4) is 33.7 Å². The zero-order valence-electron chi connectivity index (χ0n) is 30.4. The first kappa shape index (κ1) is 32.0. The molecule has 11 aromatic rings. The molecule has 0 fully saturated rings. The fourth-order valence-electron chi connectivity index (χ4n) is 8.26. The van der Waals surface area contributed by atoms with Gasteiger partial charge in [0.05, 0.1) is 0 Å². The number of hydrogen-bond donors (Lipinski definition) is 0. The smallest absolute Gasteiger partial charge is 0.227 e. The molecule has 0 N–H and O–H groups in total. The van der Waals surface area contributed by atoms with Crippen LogP contribution in [-0.4, -0.2) is 4.98 Å².